The molecule has 1 aromatic carbocycles. The molecule has 1 aromatic rings. The molecule has 0 aromatic heterocycles. The maximum Gasteiger partial charge on any atom is 0.141 e. The van der Waals surface area contributed by atoms with Gasteiger partial charge in [0.25, 0.3) is 0 Å². The Balaban J connectivity index is 1.79. The number of aliphatic hydroxyl groups is 1. The van der Waals surface area contributed by atoms with Gasteiger partial charge in [0.05, 0.1) is 5.02 Å². The predicted octanol–water partition coefficient (Wildman–Crippen LogP) is 2.76. The number of hydrogen-bond acceptors (Lipinski definition) is 3. The first-order valence-electron chi connectivity index (χ1n) is 7.57. The van der Waals surface area contributed by atoms with E-state index in [1.165, 1.54) is 6.07 Å². The lowest BCUT2D eigenvalue weighted by Gasteiger charge is -2.36. The molecule has 0 radical (unpaired) electrons. The van der Waals surface area contributed by atoms with Crippen molar-refractivity contribution in [3.05, 3.63) is 34.6 Å². The Morgan fingerprint density at radius 2 is 2.10 bits per heavy atom. The predicted molar refractivity (Wildman–Crippen MR) is 84.0 cm³/mol. The lowest BCUT2D eigenvalue weighted by Crippen LogP contribution is -2.43. The van der Waals surface area contributed by atoms with E-state index in [9.17, 15) is 4.39 Å². The summed E-state index contributed by atoms with van der Waals surface area (Å²) in [5, 5.41) is 9.09. The third-order valence-corrected chi connectivity index (χ3v) is 4.53. The Hall–Kier alpha value is -0.680. The van der Waals surface area contributed by atoms with Crippen LogP contribution in [0.15, 0.2) is 18.2 Å². The average molecular weight is 315 g/mol. The fourth-order valence-corrected chi connectivity index (χ4v) is 3.12. The molecule has 1 N–H and O–H groups in total. The van der Waals surface area contributed by atoms with Gasteiger partial charge in [-0.15, -0.1) is 0 Å². The van der Waals surface area contributed by atoms with Crippen LogP contribution in [-0.4, -0.2) is 54.2 Å². The minimum atomic E-state index is -0.357. The fraction of sp³-hybridized carbons (Fsp3) is 0.625. The van der Waals surface area contributed by atoms with Gasteiger partial charge in [-0.1, -0.05) is 17.7 Å². The zero-order valence-corrected chi connectivity index (χ0v) is 13.3. The molecule has 3 nitrogen and oxygen atoms in total. The molecule has 0 unspecified atom stereocenters. The maximum absolute atomic E-state index is 13.2. The van der Waals surface area contributed by atoms with Crippen LogP contribution in [0.3, 0.4) is 0 Å². The van der Waals surface area contributed by atoms with E-state index in [1.54, 1.807) is 12.1 Å². The Morgan fingerprint density at radius 3 is 2.71 bits per heavy atom. The lowest BCUT2D eigenvalue weighted by molar-refractivity contribution is 0.117. The van der Waals surface area contributed by atoms with Crippen molar-refractivity contribution in [2.45, 2.75) is 31.8 Å². The second kappa shape index (κ2) is 8.08. The topological polar surface area (TPSA) is 26.7 Å². The highest BCUT2D eigenvalue weighted by molar-refractivity contribution is 6.30. The first-order chi connectivity index (χ1) is 10.1. The van der Waals surface area contributed by atoms with E-state index < -0.39 is 0 Å². The van der Waals surface area contributed by atoms with Crippen LogP contribution in [-0.2, 0) is 6.54 Å². The summed E-state index contributed by atoms with van der Waals surface area (Å²) in [6.07, 6.45) is 3.11. The fourth-order valence-electron chi connectivity index (χ4n) is 2.92. The molecule has 1 heterocycles. The SMILES string of the molecule is CN(CCCO)C1CCN(Cc2ccc(F)c(Cl)c2)CC1. The minimum absolute atomic E-state index is 0.200. The van der Waals surface area contributed by atoms with Gasteiger partial charge in [0.2, 0.25) is 0 Å². The molecule has 5 heteroatoms. The van der Waals surface area contributed by atoms with Gasteiger partial charge in [-0.05, 0) is 57.1 Å². The van der Waals surface area contributed by atoms with Crippen molar-refractivity contribution < 1.29 is 9.50 Å². The van der Waals surface area contributed by atoms with E-state index in [2.05, 4.69) is 16.8 Å². The second-order valence-corrected chi connectivity index (χ2v) is 6.22. The number of rotatable bonds is 6. The summed E-state index contributed by atoms with van der Waals surface area (Å²) in [4.78, 5) is 4.74. The molecule has 0 aliphatic carbocycles. The zero-order chi connectivity index (χ0) is 15.2. The molecular weight excluding hydrogens is 291 g/mol. The average Bonchev–Trinajstić information content (AvgIpc) is 2.49. The molecule has 118 valence electrons. The highest BCUT2D eigenvalue weighted by atomic mass is 35.5. The molecule has 0 spiro atoms. The number of likely N-dealkylation sites (tertiary alicyclic amines) is 1. The van der Waals surface area contributed by atoms with Crippen LogP contribution in [0.1, 0.15) is 24.8 Å². The largest absolute Gasteiger partial charge is 0.396 e. The molecule has 2 rings (SSSR count). The van der Waals surface area contributed by atoms with Crippen molar-refractivity contribution in [3.63, 3.8) is 0 Å². The monoisotopic (exact) mass is 314 g/mol. The van der Waals surface area contributed by atoms with Crippen LogP contribution in [0.25, 0.3) is 0 Å². The first kappa shape index (κ1) is 16.7. The van der Waals surface area contributed by atoms with E-state index in [1.807, 2.05) is 0 Å². The van der Waals surface area contributed by atoms with Gasteiger partial charge in [0.15, 0.2) is 0 Å². The smallest absolute Gasteiger partial charge is 0.141 e. The van der Waals surface area contributed by atoms with Gasteiger partial charge < -0.3 is 10.0 Å². The van der Waals surface area contributed by atoms with Crippen LogP contribution in [0, 0.1) is 5.82 Å². The standard InChI is InChI=1S/C16H24ClFN2O/c1-19(7-2-10-21)14-5-8-20(9-6-14)12-13-3-4-16(18)15(17)11-13/h3-4,11,14,21H,2,5-10,12H2,1H3. The number of hydrogen-bond donors (Lipinski definition) is 1. The van der Waals surface area contributed by atoms with Crippen molar-refractivity contribution in [2.75, 3.05) is 33.3 Å². The Bertz CT molecular complexity index is 450. The molecule has 0 atom stereocenters. The lowest BCUT2D eigenvalue weighted by atomic mass is 10.0. The van der Waals surface area contributed by atoms with Gasteiger partial charge >= 0.3 is 0 Å². The number of halogens is 2. The Morgan fingerprint density at radius 1 is 1.38 bits per heavy atom. The number of nitrogens with zero attached hydrogens (tertiary/aromatic N) is 2. The molecule has 21 heavy (non-hydrogen) atoms. The van der Waals surface area contributed by atoms with E-state index in [-0.39, 0.29) is 17.4 Å². The van der Waals surface area contributed by atoms with Crippen molar-refractivity contribution in [2.24, 2.45) is 0 Å². The summed E-state index contributed by atoms with van der Waals surface area (Å²) in [5.74, 6) is -0.357. The van der Waals surface area contributed by atoms with E-state index in [4.69, 9.17) is 16.7 Å². The van der Waals surface area contributed by atoms with Crippen molar-refractivity contribution in [1.29, 1.82) is 0 Å². The third-order valence-electron chi connectivity index (χ3n) is 4.24. The molecule has 0 saturated carbocycles. The summed E-state index contributed by atoms with van der Waals surface area (Å²) in [5.41, 5.74) is 1.06. The quantitative estimate of drug-likeness (QED) is 0.874. The van der Waals surface area contributed by atoms with E-state index in [0.29, 0.717) is 6.04 Å². The highest BCUT2D eigenvalue weighted by Gasteiger charge is 2.22. The summed E-state index contributed by atoms with van der Waals surface area (Å²) in [7, 11) is 2.13. The Kier molecular flexibility index (Phi) is 6.42. The first-order valence-corrected chi connectivity index (χ1v) is 7.95. The van der Waals surface area contributed by atoms with Gasteiger partial charge in [-0.2, -0.15) is 0 Å². The normalized spacial score (nSPS) is 17.6. The summed E-state index contributed by atoms with van der Waals surface area (Å²) in [6.45, 7) is 4.13. The van der Waals surface area contributed by atoms with Crippen molar-refractivity contribution >= 4 is 11.6 Å². The van der Waals surface area contributed by atoms with E-state index >= 15 is 0 Å². The van der Waals surface area contributed by atoms with Crippen LogP contribution < -0.4 is 0 Å². The van der Waals surface area contributed by atoms with Crippen LogP contribution in [0.4, 0.5) is 4.39 Å². The molecular formula is C16H24ClFN2O. The van der Waals surface area contributed by atoms with Gasteiger partial charge in [0, 0.05) is 25.7 Å². The number of aliphatic hydroxyl groups excluding tert-OH is 1. The highest BCUT2D eigenvalue weighted by Crippen LogP contribution is 2.20. The number of benzene rings is 1. The molecule has 1 aliphatic rings. The second-order valence-electron chi connectivity index (χ2n) is 5.81. The minimum Gasteiger partial charge on any atom is -0.396 e. The van der Waals surface area contributed by atoms with Crippen molar-refractivity contribution in [1.82, 2.24) is 9.80 Å². The van der Waals surface area contributed by atoms with Crippen LogP contribution in [0.2, 0.25) is 5.02 Å². The van der Waals surface area contributed by atoms with Crippen LogP contribution in [0.5, 0.6) is 0 Å². The summed E-state index contributed by atoms with van der Waals surface area (Å²) >= 11 is 5.82. The van der Waals surface area contributed by atoms with Gasteiger partial charge in [-0.3, -0.25) is 4.90 Å². The van der Waals surface area contributed by atoms with Crippen molar-refractivity contribution in [3.8, 4) is 0 Å². The molecule has 1 fully saturated rings. The van der Waals surface area contributed by atoms with Gasteiger partial charge in [0.1, 0.15) is 5.82 Å². The zero-order valence-electron chi connectivity index (χ0n) is 12.6. The summed E-state index contributed by atoms with van der Waals surface area (Å²) in [6, 6.07) is 5.56. The van der Waals surface area contributed by atoms with E-state index in [0.717, 1.165) is 51.0 Å². The number of piperidine rings is 1. The third kappa shape index (κ3) is 4.92. The van der Waals surface area contributed by atoms with Crippen LogP contribution >= 0.6 is 11.6 Å². The molecule has 1 saturated heterocycles. The molecule has 1 aliphatic heterocycles. The maximum atomic E-state index is 13.2. The summed E-state index contributed by atoms with van der Waals surface area (Å²) < 4.78 is 13.2. The van der Waals surface area contributed by atoms with Gasteiger partial charge in [-0.25, -0.2) is 4.39 Å². The molecule has 0 amide bonds. The molecule has 0 bridgehead atoms. The Labute approximate surface area is 131 Å².